The number of rotatable bonds is 7. The maximum absolute atomic E-state index is 11.0. The lowest BCUT2D eigenvalue weighted by Crippen LogP contribution is -1.99. The number of esters is 1. The summed E-state index contributed by atoms with van der Waals surface area (Å²) in [6.07, 6.45) is 8.92. The van der Waals surface area contributed by atoms with Gasteiger partial charge in [-0.1, -0.05) is 24.6 Å². The van der Waals surface area contributed by atoms with Gasteiger partial charge < -0.3 is 4.74 Å². The van der Waals surface area contributed by atoms with Crippen molar-refractivity contribution in [1.29, 1.82) is 0 Å². The third kappa shape index (κ3) is 9.50. The molecule has 0 spiro atoms. The van der Waals surface area contributed by atoms with Gasteiger partial charge in [-0.05, 0) is 46.0 Å². The Bertz CT molecular complexity index is 247. The van der Waals surface area contributed by atoms with Crippen LogP contribution in [-0.2, 0) is 9.53 Å². The highest BCUT2D eigenvalue weighted by Gasteiger charge is 1.99. The van der Waals surface area contributed by atoms with Crippen molar-refractivity contribution in [2.75, 3.05) is 6.61 Å². The Morgan fingerprint density at radius 1 is 1.38 bits per heavy atom. The van der Waals surface area contributed by atoms with Crippen molar-refractivity contribution in [3.05, 3.63) is 23.8 Å². The van der Waals surface area contributed by atoms with Crippen LogP contribution in [0, 0.1) is 5.92 Å². The molecule has 0 saturated heterocycles. The van der Waals surface area contributed by atoms with Crippen LogP contribution in [0.3, 0.4) is 0 Å². The van der Waals surface area contributed by atoms with Crippen LogP contribution in [-0.4, -0.2) is 12.6 Å². The molecule has 92 valence electrons. The topological polar surface area (TPSA) is 26.3 Å². The highest BCUT2D eigenvalue weighted by atomic mass is 16.5. The molecule has 0 aromatic rings. The van der Waals surface area contributed by atoms with Crippen LogP contribution in [0.5, 0.6) is 0 Å². The zero-order valence-electron chi connectivity index (χ0n) is 11.0. The fraction of sp³-hybridized carbons (Fsp3) is 0.643. The van der Waals surface area contributed by atoms with Crippen molar-refractivity contribution in [3.63, 3.8) is 0 Å². The quantitative estimate of drug-likeness (QED) is 0.373. The molecule has 0 aliphatic heterocycles. The van der Waals surface area contributed by atoms with E-state index in [0.29, 0.717) is 12.5 Å². The Balaban J connectivity index is 3.68. The van der Waals surface area contributed by atoms with Gasteiger partial charge in [-0.25, -0.2) is 4.79 Å². The molecule has 0 fully saturated rings. The predicted octanol–water partition coefficient (Wildman–Crippen LogP) is 3.88. The van der Waals surface area contributed by atoms with E-state index in [2.05, 4.69) is 26.8 Å². The Hall–Kier alpha value is -1.05. The van der Waals surface area contributed by atoms with Crippen LogP contribution in [0.25, 0.3) is 0 Å². The van der Waals surface area contributed by atoms with Crippen LogP contribution < -0.4 is 0 Å². The minimum absolute atomic E-state index is 0.237. The molecule has 0 amide bonds. The molecule has 0 radical (unpaired) electrons. The minimum Gasteiger partial charge on any atom is -0.463 e. The minimum atomic E-state index is -0.237. The largest absolute Gasteiger partial charge is 0.463 e. The van der Waals surface area contributed by atoms with E-state index in [-0.39, 0.29) is 5.97 Å². The van der Waals surface area contributed by atoms with Crippen molar-refractivity contribution < 1.29 is 9.53 Å². The van der Waals surface area contributed by atoms with E-state index in [4.69, 9.17) is 4.74 Å². The second kappa shape index (κ2) is 9.20. The van der Waals surface area contributed by atoms with Crippen molar-refractivity contribution in [2.45, 2.75) is 47.0 Å². The molecular formula is C14H24O2. The Labute approximate surface area is 99.4 Å². The van der Waals surface area contributed by atoms with Crippen LogP contribution in [0.4, 0.5) is 0 Å². The van der Waals surface area contributed by atoms with Gasteiger partial charge in [0, 0.05) is 6.08 Å². The lowest BCUT2D eigenvalue weighted by atomic mass is 10.0. The zero-order chi connectivity index (χ0) is 12.4. The summed E-state index contributed by atoms with van der Waals surface area (Å²) in [6, 6.07) is 0. The SMILES string of the molecule is CCOC(=O)/C=C\CC(C)CCC=C(C)C. The van der Waals surface area contributed by atoms with Gasteiger partial charge >= 0.3 is 5.97 Å². The molecule has 0 rings (SSSR count). The maximum Gasteiger partial charge on any atom is 0.330 e. The molecule has 0 bridgehead atoms. The molecule has 0 heterocycles. The van der Waals surface area contributed by atoms with Gasteiger partial charge in [0.05, 0.1) is 6.61 Å². The molecule has 0 aliphatic rings. The molecule has 1 unspecified atom stereocenters. The average Bonchev–Trinajstić information content (AvgIpc) is 2.17. The first-order valence-corrected chi connectivity index (χ1v) is 6.03. The fourth-order valence-corrected chi connectivity index (χ4v) is 1.36. The summed E-state index contributed by atoms with van der Waals surface area (Å²) >= 11 is 0. The second-order valence-electron chi connectivity index (χ2n) is 4.35. The van der Waals surface area contributed by atoms with Gasteiger partial charge in [0.25, 0.3) is 0 Å². The third-order valence-corrected chi connectivity index (χ3v) is 2.29. The normalized spacial score (nSPS) is 12.5. The fourth-order valence-electron chi connectivity index (χ4n) is 1.36. The Morgan fingerprint density at radius 2 is 2.06 bits per heavy atom. The summed E-state index contributed by atoms with van der Waals surface area (Å²) in [5.74, 6) is 0.375. The molecule has 0 aromatic carbocycles. The van der Waals surface area contributed by atoms with Crippen LogP contribution in [0.15, 0.2) is 23.8 Å². The van der Waals surface area contributed by atoms with Crippen molar-refractivity contribution in [3.8, 4) is 0 Å². The van der Waals surface area contributed by atoms with E-state index in [1.54, 1.807) is 0 Å². The molecule has 0 N–H and O–H groups in total. The zero-order valence-corrected chi connectivity index (χ0v) is 11.0. The first-order valence-electron chi connectivity index (χ1n) is 6.03. The highest BCUT2D eigenvalue weighted by Crippen LogP contribution is 2.12. The van der Waals surface area contributed by atoms with Crippen LogP contribution in [0.2, 0.25) is 0 Å². The van der Waals surface area contributed by atoms with E-state index in [1.807, 2.05) is 13.0 Å². The van der Waals surface area contributed by atoms with E-state index in [9.17, 15) is 4.79 Å². The molecule has 16 heavy (non-hydrogen) atoms. The van der Waals surface area contributed by atoms with Gasteiger partial charge in [-0.15, -0.1) is 0 Å². The lowest BCUT2D eigenvalue weighted by molar-refractivity contribution is -0.137. The van der Waals surface area contributed by atoms with Gasteiger partial charge in [0.2, 0.25) is 0 Å². The molecule has 2 heteroatoms. The van der Waals surface area contributed by atoms with Gasteiger partial charge in [0.1, 0.15) is 0 Å². The van der Waals surface area contributed by atoms with Crippen molar-refractivity contribution in [1.82, 2.24) is 0 Å². The summed E-state index contributed by atoms with van der Waals surface area (Å²) in [4.78, 5) is 11.0. The standard InChI is InChI=1S/C14H24O2/c1-5-16-14(15)11-7-10-13(4)9-6-8-12(2)3/h7-8,11,13H,5-6,9-10H2,1-4H3/b11-7-. The average molecular weight is 224 g/mol. The summed E-state index contributed by atoms with van der Waals surface area (Å²) in [5, 5.41) is 0. The molecule has 2 nitrogen and oxygen atoms in total. The van der Waals surface area contributed by atoms with Crippen molar-refractivity contribution in [2.24, 2.45) is 5.92 Å². The second-order valence-corrected chi connectivity index (χ2v) is 4.35. The molecule has 0 saturated carbocycles. The first kappa shape index (κ1) is 14.9. The summed E-state index contributed by atoms with van der Waals surface area (Å²) in [7, 11) is 0. The molecular weight excluding hydrogens is 200 g/mol. The number of allylic oxidation sites excluding steroid dienone is 3. The molecule has 0 aliphatic carbocycles. The summed E-state index contributed by atoms with van der Waals surface area (Å²) in [6.45, 7) is 8.69. The number of ether oxygens (including phenoxy) is 1. The highest BCUT2D eigenvalue weighted by molar-refractivity contribution is 5.81. The van der Waals surface area contributed by atoms with E-state index in [0.717, 1.165) is 12.8 Å². The number of hydrogen-bond acceptors (Lipinski definition) is 2. The maximum atomic E-state index is 11.0. The number of carbonyl (C=O) groups excluding carboxylic acids is 1. The lowest BCUT2D eigenvalue weighted by Gasteiger charge is -2.06. The third-order valence-electron chi connectivity index (χ3n) is 2.29. The predicted molar refractivity (Wildman–Crippen MR) is 68.2 cm³/mol. The van der Waals surface area contributed by atoms with E-state index < -0.39 is 0 Å². The monoisotopic (exact) mass is 224 g/mol. The van der Waals surface area contributed by atoms with E-state index >= 15 is 0 Å². The summed E-state index contributed by atoms with van der Waals surface area (Å²) in [5.41, 5.74) is 1.37. The van der Waals surface area contributed by atoms with E-state index in [1.165, 1.54) is 18.1 Å². The van der Waals surface area contributed by atoms with Gasteiger partial charge in [-0.2, -0.15) is 0 Å². The van der Waals surface area contributed by atoms with Gasteiger partial charge in [0.15, 0.2) is 0 Å². The number of carbonyl (C=O) groups is 1. The Kier molecular flexibility index (Phi) is 8.59. The van der Waals surface area contributed by atoms with Gasteiger partial charge in [-0.3, -0.25) is 0 Å². The number of hydrogen-bond donors (Lipinski definition) is 0. The van der Waals surface area contributed by atoms with Crippen LogP contribution in [0.1, 0.15) is 47.0 Å². The first-order chi connectivity index (χ1) is 7.56. The molecule has 1 atom stereocenters. The summed E-state index contributed by atoms with van der Waals surface area (Å²) < 4.78 is 4.80. The molecule has 0 aromatic heterocycles. The van der Waals surface area contributed by atoms with Crippen molar-refractivity contribution >= 4 is 5.97 Å². The van der Waals surface area contributed by atoms with Crippen LogP contribution >= 0.6 is 0 Å². The Morgan fingerprint density at radius 3 is 2.62 bits per heavy atom. The smallest absolute Gasteiger partial charge is 0.330 e.